The summed E-state index contributed by atoms with van der Waals surface area (Å²) in [4.78, 5) is 22.7. The quantitative estimate of drug-likeness (QED) is 0.741. The maximum absolute atomic E-state index is 11.6. The lowest BCUT2D eigenvalue weighted by molar-refractivity contribution is -0.144. The van der Waals surface area contributed by atoms with E-state index in [1.165, 1.54) is 25.7 Å². The minimum absolute atomic E-state index is 0.0405. The van der Waals surface area contributed by atoms with Crippen molar-refractivity contribution in [2.24, 2.45) is 11.8 Å². The van der Waals surface area contributed by atoms with Crippen molar-refractivity contribution < 1.29 is 14.3 Å². The highest BCUT2D eigenvalue weighted by atomic mass is 16.5. The van der Waals surface area contributed by atoms with Crippen LogP contribution in [-0.4, -0.2) is 25.0 Å². The third-order valence-corrected chi connectivity index (χ3v) is 3.49. The Labute approximate surface area is 109 Å². The Morgan fingerprint density at radius 1 is 1.28 bits per heavy atom. The van der Waals surface area contributed by atoms with Crippen LogP contribution >= 0.6 is 0 Å². The molecule has 1 fully saturated rings. The number of carbonyl (C=O) groups excluding carboxylic acids is 2. The molecule has 0 aliphatic heterocycles. The normalized spacial score (nSPS) is 23.4. The van der Waals surface area contributed by atoms with Gasteiger partial charge in [0.25, 0.3) is 0 Å². The molecule has 2 atom stereocenters. The van der Waals surface area contributed by atoms with Crippen LogP contribution in [0.3, 0.4) is 0 Å². The number of hydrogen-bond acceptors (Lipinski definition) is 3. The van der Waals surface area contributed by atoms with Gasteiger partial charge in [0.2, 0.25) is 5.91 Å². The van der Waals surface area contributed by atoms with Gasteiger partial charge in [-0.2, -0.15) is 0 Å². The second-order valence-electron chi connectivity index (χ2n) is 5.25. The van der Waals surface area contributed by atoms with Crippen molar-refractivity contribution >= 4 is 11.9 Å². The largest absolute Gasteiger partial charge is 0.466 e. The van der Waals surface area contributed by atoms with Crippen LogP contribution in [0.25, 0.3) is 0 Å². The van der Waals surface area contributed by atoms with Crippen molar-refractivity contribution in [1.82, 2.24) is 5.32 Å². The van der Waals surface area contributed by atoms with Gasteiger partial charge in [-0.3, -0.25) is 9.59 Å². The van der Waals surface area contributed by atoms with Crippen molar-refractivity contribution in [3.8, 4) is 0 Å². The molecule has 0 radical (unpaired) electrons. The number of ether oxygens (including phenoxy) is 1. The van der Waals surface area contributed by atoms with Gasteiger partial charge in [-0.05, 0) is 31.6 Å². The lowest BCUT2D eigenvalue weighted by atomic mass is 9.82. The molecule has 0 saturated heterocycles. The Morgan fingerprint density at radius 3 is 2.72 bits per heavy atom. The third kappa shape index (κ3) is 6.03. The fourth-order valence-electron chi connectivity index (χ4n) is 2.54. The van der Waals surface area contributed by atoms with E-state index in [1.807, 2.05) is 0 Å². The van der Waals surface area contributed by atoms with Gasteiger partial charge in [-0.1, -0.05) is 19.8 Å². The molecular formula is C14H25NO3. The Morgan fingerprint density at radius 2 is 2.06 bits per heavy atom. The molecule has 0 heterocycles. The molecule has 1 N–H and O–H groups in total. The number of nitrogens with one attached hydrogen (secondary N) is 1. The summed E-state index contributed by atoms with van der Waals surface area (Å²) in [7, 11) is 0. The van der Waals surface area contributed by atoms with Crippen LogP contribution in [0.1, 0.15) is 52.4 Å². The Kier molecular flexibility index (Phi) is 6.76. The number of amides is 1. The molecule has 0 aromatic rings. The van der Waals surface area contributed by atoms with Crippen molar-refractivity contribution in [2.75, 3.05) is 13.2 Å². The molecule has 104 valence electrons. The fourth-order valence-corrected chi connectivity index (χ4v) is 2.54. The van der Waals surface area contributed by atoms with E-state index in [1.54, 1.807) is 6.92 Å². The molecule has 0 aromatic heterocycles. The Balaban J connectivity index is 2.11. The summed E-state index contributed by atoms with van der Waals surface area (Å²) in [6.07, 6.45) is 5.42. The number of esters is 1. The van der Waals surface area contributed by atoms with Gasteiger partial charge in [0.1, 0.15) is 0 Å². The molecule has 4 nitrogen and oxygen atoms in total. The van der Waals surface area contributed by atoms with Gasteiger partial charge < -0.3 is 10.1 Å². The summed E-state index contributed by atoms with van der Waals surface area (Å²) in [5, 5.41) is 2.92. The first-order valence-corrected chi connectivity index (χ1v) is 7.04. The zero-order valence-corrected chi connectivity index (χ0v) is 11.5. The fraction of sp³-hybridized carbons (Fsp3) is 0.857. The van der Waals surface area contributed by atoms with E-state index in [9.17, 15) is 9.59 Å². The van der Waals surface area contributed by atoms with E-state index in [2.05, 4.69) is 12.2 Å². The summed E-state index contributed by atoms with van der Waals surface area (Å²) in [5.41, 5.74) is 0. The molecule has 0 bridgehead atoms. The van der Waals surface area contributed by atoms with Crippen molar-refractivity contribution in [1.29, 1.82) is 0 Å². The van der Waals surface area contributed by atoms with E-state index >= 15 is 0 Å². The predicted molar refractivity (Wildman–Crippen MR) is 70.0 cm³/mol. The van der Waals surface area contributed by atoms with Crippen LogP contribution in [0.4, 0.5) is 0 Å². The van der Waals surface area contributed by atoms with E-state index in [-0.39, 0.29) is 24.7 Å². The lowest BCUT2D eigenvalue weighted by Gasteiger charge is -2.26. The van der Waals surface area contributed by atoms with Gasteiger partial charge in [0.15, 0.2) is 0 Å². The minimum Gasteiger partial charge on any atom is -0.466 e. The standard InChI is InChI=1S/C14H25NO3/c1-3-18-14(17)8-7-13(16)15-10-12-6-4-5-11(2)9-12/h11-12H,3-10H2,1-2H3,(H,15,16). The molecular weight excluding hydrogens is 230 g/mol. The average molecular weight is 255 g/mol. The molecule has 1 aliphatic rings. The van der Waals surface area contributed by atoms with Gasteiger partial charge in [-0.15, -0.1) is 0 Å². The lowest BCUT2D eigenvalue weighted by Crippen LogP contribution is -2.31. The highest BCUT2D eigenvalue weighted by Crippen LogP contribution is 2.27. The monoisotopic (exact) mass is 255 g/mol. The molecule has 1 rings (SSSR count). The first kappa shape index (κ1) is 15.0. The van der Waals surface area contributed by atoms with Crippen molar-refractivity contribution in [3.05, 3.63) is 0 Å². The van der Waals surface area contributed by atoms with E-state index in [4.69, 9.17) is 4.74 Å². The summed E-state index contributed by atoms with van der Waals surface area (Å²) >= 11 is 0. The number of carbonyl (C=O) groups is 2. The van der Waals surface area contributed by atoms with Crippen LogP contribution in [0.15, 0.2) is 0 Å². The summed E-state index contributed by atoms with van der Waals surface area (Å²) in [6.45, 7) is 5.17. The van der Waals surface area contributed by atoms with Crippen LogP contribution in [-0.2, 0) is 14.3 Å². The highest BCUT2D eigenvalue weighted by Gasteiger charge is 2.19. The summed E-state index contributed by atoms with van der Waals surface area (Å²) in [5.74, 6) is 1.06. The van der Waals surface area contributed by atoms with E-state index in [0.717, 1.165) is 12.5 Å². The molecule has 2 unspecified atom stereocenters. The predicted octanol–water partition coefficient (Wildman–Crippen LogP) is 2.27. The maximum atomic E-state index is 11.6. The van der Waals surface area contributed by atoms with E-state index in [0.29, 0.717) is 12.5 Å². The highest BCUT2D eigenvalue weighted by molar-refractivity contribution is 5.81. The van der Waals surface area contributed by atoms with Gasteiger partial charge in [0.05, 0.1) is 13.0 Å². The molecule has 1 amide bonds. The van der Waals surface area contributed by atoms with E-state index < -0.39 is 0 Å². The second-order valence-corrected chi connectivity index (χ2v) is 5.25. The zero-order chi connectivity index (χ0) is 13.4. The smallest absolute Gasteiger partial charge is 0.306 e. The summed E-state index contributed by atoms with van der Waals surface area (Å²) < 4.78 is 4.78. The van der Waals surface area contributed by atoms with Gasteiger partial charge >= 0.3 is 5.97 Å². The molecule has 0 spiro atoms. The SMILES string of the molecule is CCOC(=O)CCC(=O)NCC1CCCC(C)C1. The summed E-state index contributed by atoms with van der Waals surface area (Å²) in [6, 6.07) is 0. The Hall–Kier alpha value is -1.06. The number of hydrogen-bond donors (Lipinski definition) is 1. The molecule has 18 heavy (non-hydrogen) atoms. The zero-order valence-electron chi connectivity index (χ0n) is 11.5. The first-order valence-electron chi connectivity index (χ1n) is 7.04. The first-order chi connectivity index (χ1) is 8.61. The van der Waals surface area contributed by atoms with Crippen molar-refractivity contribution in [2.45, 2.75) is 52.4 Å². The molecule has 1 saturated carbocycles. The molecule has 1 aliphatic carbocycles. The van der Waals surface area contributed by atoms with Crippen LogP contribution in [0.5, 0.6) is 0 Å². The Bertz CT molecular complexity index is 278. The number of rotatable bonds is 6. The topological polar surface area (TPSA) is 55.4 Å². The average Bonchev–Trinajstić information content (AvgIpc) is 2.34. The molecule has 4 heteroatoms. The van der Waals surface area contributed by atoms with Gasteiger partial charge in [0, 0.05) is 13.0 Å². The van der Waals surface area contributed by atoms with Crippen LogP contribution in [0.2, 0.25) is 0 Å². The molecule has 0 aromatic carbocycles. The van der Waals surface area contributed by atoms with Crippen LogP contribution < -0.4 is 5.32 Å². The maximum Gasteiger partial charge on any atom is 0.306 e. The van der Waals surface area contributed by atoms with Crippen molar-refractivity contribution in [3.63, 3.8) is 0 Å². The van der Waals surface area contributed by atoms with Gasteiger partial charge in [-0.25, -0.2) is 0 Å². The third-order valence-electron chi connectivity index (χ3n) is 3.49. The second kappa shape index (κ2) is 8.11. The van der Waals surface area contributed by atoms with Crippen LogP contribution in [0, 0.1) is 11.8 Å². The minimum atomic E-state index is -0.293.